The van der Waals surface area contributed by atoms with Crippen LogP contribution in [0.4, 0.5) is 5.69 Å². The molecule has 2 aromatic carbocycles. The van der Waals surface area contributed by atoms with Crippen molar-refractivity contribution >= 4 is 55.6 Å². The van der Waals surface area contributed by atoms with Gasteiger partial charge in [-0.05, 0) is 46.9 Å². The van der Waals surface area contributed by atoms with Crippen molar-refractivity contribution in [1.82, 2.24) is 0 Å². The molecule has 0 aliphatic heterocycles. The van der Waals surface area contributed by atoms with Gasteiger partial charge in [0, 0.05) is 24.7 Å². The van der Waals surface area contributed by atoms with Gasteiger partial charge in [-0.3, -0.25) is 4.79 Å². The fourth-order valence-corrected chi connectivity index (χ4v) is 3.40. The van der Waals surface area contributed by atoms with Gasteiger partial charge in [-0.1, -0.05) is 24.3 Å². The smallest absolute Gasteiger partial charge is 0.257 e. The van der Waals surface area contributed by atoms with Gasteiger partial charge in [0.05, 0.1) is 5.56 Å². The number of carbonyl (C=O) groups is 1. The second-order valence-electron chi connectivity index (χ2n) is 4.11. The van der Waals surface area contributed by atoms with Crippen molar-refractivity contribution in [2.75, 3.05) is 5.32 Å². The summed E-state index contributed by atoms with van der Waals surface area (Å²) in [4.78, 5) is 12.3. The van der Waals surface area contributed by atoms with Gasteiger partial charge in [0.25, 0.3) is 5.91 Å². The number of benzene rings is 2. The van der Waals surface area contributed by atoms with E-state index in [1.165, 1.54) is 0 Å². The van der Waals surface area contributed by atoms with Crippen LogP contribution in [0, 0.1) is 3.57 Å². The molecule has 0 unspecified atom stereocenters. The number of rotatable bonds is 2. The molecule has 1 aromatic heterocycles. The summed E-state index contributed by atoms with van der Waals surface area (Å²) >= 11 is 3.82. The maximum atomic E-state index is 12.3. The summed E-state index contributed by atoms with van der Waals surface area (Å²) in [6, 6.07) is 15.7. The molecule has 0 aliphatic rings. The third kappa shape index (κ3) is 2.64. The number of amides is 1. The summed E-state index contributed by atoms with van der Waals surface area (Å²) < 4.78 is 2.24. The Labute approximate surface area is 128 Å². The molecule has 0 spiro atoms. The van der Waals surface area contributed by atoms with Crippen molar-refractivity contribution in [3.05, 3.63) is 63.0 Å². The first kappa shape index (κ1) is 12.6. The van der Waals surface area contributed by atoms with Crippen molar-refractivity contribution in [1.29, 1.82) is 0 Å². The van der Waals surface area contributed by atoms with Crippen LogP contribution in [0.25, 0.3) is 10.1 Å². The Morgan fingerprint density at radius 1 is 1.11 bits per heavy atom. The lowest BCUT2D eigenvalue weighted by atomic mass is 10.1. The second kappa shape index (κ2) is 5.30. The summed E-state index contributed by atoms with van der Waals surface area (Å²) in [6.45, 7) is 0. The van der Waals surface area contributed by atoms with E-state index in [1.807, 2.05) is 53.9 Å². The standard InChI is InChI=1S/C15H10INOS/c16-10-4-3-5-11(8-10)17-15(18)13-9-19-14-7-2-1-6-12(13)14/h1-9H,(H,17,18). The van der Waals surface area contributed by atoms with E-state index in [1.54, 1.807) is 11.3 Å². The van der Waals surface area contributed by atoms with Crippen LogP contribution < -0.4 is 5.32 Å². The topological polar surface area (TPSA) is 29.1 Å². The molecule has 0 aliphatic carbocycles. The molecule has 1 N–H and O–H groups in total. The van der Waals surface area contributed by atoms with Crippen LogP contribution in [0.2, 0.25) is 0 Å². The molecule has 3 rings (SSSR count). The molecular weight excluding hydrogens is 369 g/mol. The number of fused-ring (bicyclic) bond motifs is 1. The summed E-state index contributed by atoms with van der Waals surface area (Å²) in [5.41, 5.74) is 1.56. The van der Waals surface area contributed by atoms with Crippen molar-refractivity contribution in [3.63, 3.8) is 0 Å². The Morgan fingerprint density at radius 2 is 1.95 bits per heavy atom. The minimum atomic E-state index is -0.0561. The maximum absolute atomic E-state index is 12.3. The average molecular weight is 379 g/mol. The lowest BCUT2D eigenvalue weighted by Gasteiger charge is -2.04. The Kier molecular flexibility index (Phi) is 3.52. The fourth-order valence-electron chi connectivity index (χ4n) is 1.92. The van der Waals surface area contributed by atoms with Crippen LogP contribution >= 0.6 is 33.9 Å². The third-order valence-corrected chi connectivity index (χ3v) is 4.44. The van der Waals surface area contributed by atoms with Gasteiger partial charge in [0.1, 0.15) is 0 Å². The highest BCUT2D eigenvalue weighted by molar-refractivity contribution is 14.1. The summed E-state index contributed by atoms with van der Waals surface area (Å²) in [6.07, 6.45) is 0. The molecule has 0 atom stereocenters. The molecule has 0 fully saturated rings. The Balaban J connectivity index is 1.92. The monoisotopic (exact) mass is 379 g/mol. The van der Waals surface area contributed by atoms with E-state index in [0.29, 0.717) is 0 Å². The van der Waals surface area contributed by atoms with Crippen LogP contribution in [0.1, 0.15) is 10.4 Å². The number of anilines is 1. The Bertz CT molecular complexity index is 750. The van der Waals surface area contributed by atoms with E-state index in [0.717, 1.165) is 24.9 Å². The minimum Gasteiger partial charge on any atom is -0.322 e. The van der Waals surface area contributed by atoms with Crippen LogP contribution in [-0.2, 0) is 0 Å². The van der Waals surface area contributed by atoms with E-state index >= 15 is 0 Å². The number of carbonyl (C=O) groups excluding carboxylic acids is 1. The SMILES string of the molecule is O=C(Nc1cccc(I)c1)c1csc2ccccc12. The molecule has 1 heterocycles. The fraction of sp³-hybridized carbons (Fsp3) is 0. The van der Waals surface area contributed by atoms with Crippen LogP contribution in [0.3, 0.4) is 0 Å². The van der Waals surface area contributed by atoms with Gasteiger partial charge in [-0.2, -0.15) is 0 Å². The average Bonchev–Trinajstić information content (AvgIpc) is 2.82. The van der Waals surface area contributed by atoms with Crippen molar-refractivity contribution in [2.45, 2.75) is 0 Å². The zero-order valence-corrected chi connectivity index (χ0v) is 12.9. The summed E-state index contributed by atoms with van der Waals surface area (Å²) in [5, 5.41) is 5.86. The third-order valence-electron chi connectivity index (χ3n) is 2.81. The van der Waals surface area contributed by atoms with Gasteiger partial charge in [-0.15, -0.1) is 11.3 Å². The van der Waals surface area contributed by atoms with Gasteiger partial charge in [-0.25, -0.2) is 0 Å². The predicted octanol–water partition coefficient (Wildman–Crippen LogP) is 4.76. The van der Waals surface area contributed by atoms with E-state index in [9.17, 15) is 4.79 Å². The highest BCUT2D eigenvalue weighted by Crippen LogP contribution is 2.26. The van der Waals surface area contributed by atoms with E-state index < -0.39 is 0 Å². The van der Waals surface area contributed by atoms with Crippen molar-refractivity contribution in [2.24, 2.45) is 0 Å². The summed E-state index contributed by atoms with van der Waals surface area (Å²) in [7, 11) is 0. The van der Waals surface area contributed by atoms with E-state index in [-0.39, 0.29) is 5.91 Å². The molecule has 0 saturated heterocycles. The maximum Gasteiger partial charge on any atom is 0.257 e. The number of halogens is 1. The number of thiophene rings is 1. The predicted molar refractivity (Wildman–Crippen MR) is 88.9 cm³/mol. The number of nitrogens with one attached hydrogen (secondary N) is 1. The van der Waals surface area contributed by atoms with Crippen LogP contribution in [-0.4, -0.2) is 5.91 Å². The second-order valence-corrected chi connectivity index (χ2v) is 6.27. The molecule has 0 radical (unpaired) electrons. The molecule has 4 heteroatoms. The van der Waals surface area contributed by atoms with Crippen LogP contribution in [0.15, 0.2) is 53.9 Å². The summed E-state index contributed by atoms with van der Waals surface area (Å²) in [5.74, 6) is -0.0561. The van der Waals surface area contributed by atoms with Crippen molar-refractivity contribution in [3.8, 4) is 0 Å². The van der Waals surface area contributed by atoms with E-state index in [2.05, 4.69) is 27.9 Å². The van der Waals surface area contributed by atoms with Gasteiger partial charge >= 0.3 is 0 Å². The molecule has 2 nitrogen and oxygen atoms in total. The van der Waals surface area contributed by atoms with Crippen LogP contribution in [0.5, 0.6) is 0 Å². The first-order chi connectivity index (χ1) is 9.24. The minimum absolute atomic E-state index is 0.0561. The molecule has 1 amide bonds. The van der Waals surface area contributed by atoms with Gasteiger partial charge < -0.3 is 5.32 Å². The lowest BCUT2D eigenvalue weighted by molar-refractivity contribution is 0.102. The normalized spacial score (nSPS) is 10.6. The van der Waals surface area contributed by atoms with Gasteiger partial charge in [0.15, 0.2) is 0 Å². The molecular formula is C15H10INOS. The zero-order valence-electron chi connectivity index (χ0n) is 9.89. The Morgan fingerprint density at radius 3 is 2.79 bits per heavy atom. The molecule has 0 saturated carbocycles. The number of hydrogen-bond donors (Lipinski definition) is 1. The highest BCUT2D eigenvalue weighted by atomic mass is 127. The molecule has 0 bridgehead atoms. The number of hydrogen-bond acceptors (Lipinski definition) is 2. The first-order valence-electron chi connectivity index (χ1n) is 5.77. The quantitative estimate of drug-likeness (QED) is 0.640. The van der Waals surface area contributed by atoms with Crippen molar-refractivity contribution < 1.29 is 4.79 Å². The highest BCUT2D eigenvalue weighted by Gasteiger charge is 2.11. The first-order valence-corrected chi connectivity index (χ1v) is 7.73. The molecule has 19 heavy (non-hydrogen) atoms. The molecule has 3 aromatic rings. The lowest BCUT2D eigenvalue weighted by Crippen LogP contribution is -2.11. The van der Waals surface area contributed by atoms with Gasteiger partial charge in [0.2, 0.25) is 0 Å². The molecule has 94 valence electrons. The van der Waals surface area contributed by atoms with E-state index in [4.69, 9.17) is 0 Å². The Hall–Kier alpha value is -1.40. The zero-order chi connectivity index (χ0) is 13.2. The largest absolute Gasteiger partial charge is 0.322 e.